The molecule has 106 valence electrons. The number of morpholine rings is 1. The van der Waals surface area contributed by atoms with Crippen molar-refractivity contribution in [1.29, 1.82) is 0 Å². The molecule has 18 heavy (non-hydrogen) atoms. The zero-order valence-electron chi connectivity index (χ0n) is 12.5. The lowest BCUT2D eigenvalue weighted by atomic mass is 9.79. The monoisotopic (exact) mass is 254 g/mol. The highest BCUT2D eigenvalue weighted by Crippen LogP contribution is 2.36. The summed E-state index contributed by atoms with van der Waals surface area (Å²) in [5.41, 5.74) is 6.67. The fourth-order valence-corrected chi connectivity index (χ4v) is 3.91. The summed E-state index contributed by atoms with van der Waals surface area (Å²) < 4.78 is 5.93. The molecule has 4 atom stereocenters. The second-order valence-corrected chi connectivity index (χ2v) is 7.03. The molecule has 2 rings (SSSR count). The van der Waals surface area contributed by atoms with Gasteiger partial charge in [0.25, 0.3) is 0 Å². The van der Waals surface area contributed by atoms with Crippen molar-refractivity contribution < 1.29 is 4.74 Å². The largest absolute Gasteiger partial charge is 0.375 e. The van der Waals surface area contributed by atoms with E-state index >= 15 is 0 Å². The van der Waals surface area contributed by atoms with Gasteiger partial charge in [-0.05, 0) is 31.1 Å². The highest BCUT2D eigenvalue weighted by molar-refractivity contribution is 4.98. The molecule has 3 heteroatoms. The van der Waals surface area contributed by atoms with Crippen LogP contribution in [0.3, 0.4) is 0 Å². The summed E-state index contributed by atoms with van der Waals surface area (Å²) in [4.78, 5) is 2.68. The Labute approximate surface area is 112 Å². The summed E-state index contributed by atoms with van der Waals surface area (Å²) in [6, 6.07) is 1.35. The molecule has 1 saturated heterocycles. The predicted molar refractivity (Wildman–Crippen MR) is 75.6 cm³/mol. The summed E-state index contributed by atoms with van der Waals surface area (Å²) in [7, 11) is 0. The van der Waals surface area contributed by atoms with E-state index in [2.05, 4.69) is 32.6 Å². The van der Waals surface area contributed by atoms with Gasteiger partial charge in [0.15, 0.2) is 0 Å². The Bertz CT molecular complexity index is 274. The molecule has 0 radical (unpaired) electrons. The maximum Gasteiger partial charge on any atom is 0.0731 e. The van der Waals surface area contributed by atoms with E-state index in [4.69, 9.17) is 10.5 Å². The summed E-state index contributed by atoms with van der Waals surface area (Å²) >= 11 is 0. The molecule has 1 aliphatic heterocycles. The van der Waals surface area contributed by atoms with Crippen LogP contribution in [-0.4, -0.2) is 42.3 Å². The maximum atomic E-state index is 6.43. The molecule has 1 saturated carbocycles. The predicted octanol–water partition coefficient (Wildman–Crippen LogP) is 2.39. The van der Waals surface area contributed by atoms with Gasteiger partial charge in [0, 0.05) is 24.7 Å². The van der Waals surface area contributed by atoms with Gasteiger partial charge in [-0.3, -0.25) is 4.90 Å². The van der Waals surface area contributed by atoms with Gasteiger partial charge >= 0.3 is 0 Å². The Morgan fingerprint density at radius 2 is 2.06 bits per heavy atom. The summed E-state index contributed by atoms with van der Waals surface area (Å²) in [5.74, 6) is 0. The standard InChI is InChI=1S/C15H30N2O/c1-5-11(16)14(15(2,3)4)17-9-10-18-13-8-6-7-12(13)17/h11-14H,5-10,16H2,1-4H3. The summed E-state index contributed by atoms with van der Waals surface area (Å²) in [6.07, 6.45) is 5.35. The SMILES string of the molecule is CCC(N)C(N1CCOC2CCCC21)C(C)(C)C. The highest BCUT2D eigenvalue weighted by Gasteiger charge is 2.44. The molecule has 0 amide bonds. The van der Waals surface area contributed by atoms with Gasteiger partial charge in [-0.1, -0.05) is 27.7 Å². The maximum absolute atomic E-state index is 6.43. The molecule has 1 aliphatic carbocycles. The smallest absolute Gasteiger partial charge is 0.0731 e. The molecule has 2 N–H and O–H groups in total. The Morgan fingerprint density at radius 1 is 1.33 bits per heavy atom. The average Bonchev–Trinajstić information content (AvgIpc) is 2.76. The third-order valence-electron chi connectivity index (χ3n) is 4.65. The van der Waals surface area contributed by atoms with E-state index in [0.717, 1.165) is 19.6 Å². The van der Waals surface area contributed by atoms with Gasteiger partial charge in [0.05, 0.1) is 12.7 Å². The van der Waals surface area contributed by atoms with E-state index in [0.29, 0.717) is 18.2 Å². The van der Waals surface area contributed by atoms with Gasteiger partial charge in [-0.2, -0.15) is 0 Å². The molecule has 0 aromatic heterocycles. The molecule has 0 bridgehead atoms. The van der Waals surface area contributed by atoms with Crippen LogP contribution in [0.5, 0.6) is 0 Å². The molecule has 4 unspecified atom stereocenters. The van der Waals surface area contributed by atoms with Gasteiger partial charge in [-0.15, -0.1) is 0 Å². The molecule has 0 spiro atoms. The van der Waals surface area contributed by atoms with Crippen LogP contribution in [-0.2, 0) is 4.74 Å². The fraction of sp³-hybridized carbons (Fsp3) is 1.00. The minimum Gasteiger partial charge on any atom is -0.375 e. The second-order valence-electron chi connectivity index (χ2n) is 7.03. The van der Waals surface area contributed by atoms with Crippen molar-refractivity contribution >= 4 is 0 Å². The zero-order valence-corrected chi connectivity index (χ0v) is 12.5. The van der Waals surface area contributed by atoms with Crippen LogP contribution >= 0.6 is 0 Å². The molecular formula is C15H30N2O. The summed E-state index contributed by atoms with van der Waals surface area (Å²) in [6.45, 7) is 11.1. The number of fused-ring (bicyclic) bond motifs is 1. The van der Waals surface area contributed by atoms with E-state index in [1.165, 1.54) is 19.3 Å². The van der Waals surface area contributed by atoms with Crippen LogP contribution in [0.15, 0.2) is 0 Å². The molecule has 0 aromatic carbocycles. The first kappa shape index (κ1) is 14.3. The Kier molecular flexibility index (Phi) is 4.35. The lowest BCUT2D eigenvalue weighted by molar-refractivity contribution is -0.0933. The quantitative estimate of drug-likeness (QED) is 0.840. The normalized spacial score (nSPS) is 33.2. The van der Waals surface area contributed by atoms with E-state index in [-0.39, 0.29) is 11.5 Å². The van der Waals surface area contributed by atoms with Gasteiger partial charge in [-0.25, -0.2) is 0 Å². The van der Waals surface area contributed by atoms with Gasteiger partial charge in [0.1, 0.15) is 0 Å². The molecule has 2 fully saturated rings. The van der Waals surface area contributed by atoms with Crippen molar-refractivity contribution in [1.82, 2.24) is 4.90 Å². The lowest BCUT2D eigenvalue weighted by Gasteiger charge is -2.49. The topological polar surface area (TPSA) is 38.5 Å². The van der Waals surface area contributed by atoms with Crippen molar-refractivity contribution in [2.45, 2.75) is 77.6 Å². The molecular weight excluding hydrogens is 224 g/mol. The van der Waals surface area contributed by atoms with Crippen LogP contribution in [0.1, 0.15) is 53.4 Å². The third-order valence-corrected chi connectivity index (χ3v) is 4.65. The second kappa shape index (κ2) is 5.48. The minimum absolute atomic E-state index is 0.236. The van der Waals surface area contributed by atoms with E-state index in [9.17, 15) is 0 Å². The Morgan fingerprint density at radius 3 is 2.67 bits per heavy atom. The number of hydrogen-bond acceptors (Lipinski definition) is 3. The van der Waals surface area contributed by atoms with Gasteiger partial charge < -0.3 is 10.5 Å². The first-order chi connectivity index (χ1) is 8.45. The highest BCUT2D eigenvalue weighted by atomic mass is 16.5. The van der Waals surface area contributed by atoms with E-state index in [1.807, 2.05) is 0 Å². The first-order valence-corrected chi connectivity index (χ1v) is 7.58. The number of hydrogen-bond donors (Lipinski definition) is 1. The molecule has 3 nitrogen and oxygen atoms in total. The number of ether oxygens (including phenoxy) is 1. The Hall–Kier alpha value is -0.120. The molecule has 2 aliphatic rings. The first-order valence-electron chi connectivity index (χ1n) is 7.58. The minimum atomic E-state index is 0.236. The van der Waals surface area contributed by atoms with Gasteiger partial charge in [0.2, 0.25) is 0 Å². The number of rotatable bonds is 3. The zero-order chi connectivity index (χ0) is 13.3. The number of nitrogens with two attached hydrogens (primary N) is 1. The number of nitrogens with zero attached hydrogens (tertiary/aromatic N) is 1. The average molecular weight is 254 g/mol. The third kappa shape index (κ3) is 2.73. The van der Waals surface area contributed by atoms with Crippen molar-refractivity contribution in [2.75, 3.05) is 13.2 Å². The Balaban J connectivity index is 2.19. The van der Waals surface area contributed by atoms with E-state index < -0.39 is 0 Å². The molecule has 0 aromatic rings. The molecule has 1 heterocycles. The van der Waals surface area contributed by atoms with Crippen LogP contribution in [0.4, 0.5) is 0 Å². The lowest BCUT2D eigenvalue weighted by Crippen LogP contribution is -2.62. The van der Waals surface area contributed by atoms with E-state index in [1.54, 1.807) is 0 Å². The van der Waals surface area contributed by atoms with Crippen LogP contribution in [0.25, 0.3) is 0 Å². The van der Waals surface area contributed by atoms with Crippen molar-refractivity contribution in [3.05, 3.63) is 0 Å². The van der Waals surface area contributed by atoms with Crippen LogP contribution in [0, 0.1) is 5.41 Å². The summed E-state index contributed by atoms with van der Waals surface area (Å²) in [5, 5.41) is 0. The fourth-order valence-electron chi connectivity index (χ4n) is 3.91. The van der Waals surface area contributed by atoms with Crippen molar-refractivity contribution in [3.63, 3.8) is 0 Å². The van der Waals surface area contributed by atoms with Crippen molar-refractivity contribution in [2.24, 2.45) is 11.1 Å². The van der Waals surface area contributed by atoms with Crippen LogP contribution in [0.2, 0.25) is 0 Å². The van der Waals surface area contributed by atoms with Crippen LogP contribution < -0.4 is 5.73 Å². The van der Waals surface area contributed by atoms with Crippen molar-refractivity contribution in [3.8, 4) is 0 Å².